The summed E-state index contributed by atoms with van der Waals surface area (Å²) in [5, 5.41) is 9.71. The Balaban J connectivity index is 2.62. The molecule has 0 saturated carbocycles. The lowest BCUT2D eigenvalue weighted by molar-refractivity contribution is 0.166. The normalized spacial score (nSPS) is 12.8. The Bertz CT molecular complexity index is 254. The van der Waals surface area contributed by atoms with E-state index in [0.717, 1.165) is 24.0 Å². The second-order valence-corrected chi connectivity index (χ2v) is 3.48. The van der Waals surface area contributed by atoms with Crippen LogP contribution in [0.1, 0.15) is 37.0 Å². The van der Waals surface area contributed by atoms with Gasteiger partial charge < -0.3 is 9.84 Å². The maximum atomic E-state index is 9.71. The Morgan fingerprint density at radius 2 is 1.93 bits per heavy atom. The van der Waals surface area contributed by atoms with Crippen LogP contribution in [0.3, 0.4) is 0 Å². The summed E-state index contributed by atoms with van der Waals surface area (Å²) in [7, 11) is 1.68. The molecule has 0 unspecified atom stereocenters. The molecule has 14 heavy (non-hydrogen) atoms. The molecule has 2 nitrogen and oxygen atoms in total. The maximum Gasteiger partial charge on any atom is 0.0790 e. The summed E-state index contributed by atoms with van der Waals surface area (Å²) in [5.41, 5.74) is 2.13. The molecule has 2 heteroatoms. The molecule has 1 N–H and O–H groups in total. The zero-order valence-corrected chi connectivity index (χ0v) is 8.86. The van der Waals surface area contributed by atoms with E-state index in [1.807, 2.05) is 24.3 Å². The van der Waals surface area contributed by atoms with Crippen molar-refractivity contribution in [2.75, 3.05) is 7.11 Å². The fourth-order valence-electron chi connectivity index (χ4n) is 1.44. The van der Waals surface area contributed by atoms with E-state index in [9.17, 15) is 5.11 Å². The van der Waals surface area contributed by atoms with Crippen LogP contribution < -0.4 is 0 Å². The standard InChI is InChI=1S/C12H18O2/c1-3-4-12(13)11-7-5-10(6-8-11)9-14-2/h5-8,12-13H,3-4,9H2,1-2H3/t12-/m0/s1. The van der Waals surface area contributed by atoms with Crippen molar-refractivity contribution >= 4 is 0 Å². The number of aliphatic hydroxyl groups is 1. The molecule has 78 valence electrons. The Morgan fingerprint density at radius 1 is 1.29 bits per heavy atom. The predicted molar refractivity (Wildman–Crippen MR) is 57.0 cm³/mol. The van der Waals surface area contributed by atoms with Gasteiger partial charge >= 0.3 is 0 Å². The molecule has 0 aliphatic carbocycles. The smallest absolute Gasteiger partial charge is 0.0790 e. The second kappa shape index (κ2) is 5.78. The lowest BCUT2D eigenvalue weighted by atomic mass is 10.0. The third-order valence-electron chi connectivity index (χ3n) is 2.24. The van der Waals surface area contributed by atoms with Gasteiger partial charge in [-0.15, -0.1) is 0 Å². The van der Waals surface area contributed by atoms with Crippen molar-refractivity contribution < 1.29 is 9.84 Å². The summed E-state index contributed by atoms with van der Waals surface area (Å²) in [6, 6.07) is 7.93. The number of hydrogen-bond donors (Lipinski definition) is 1. The molecular weight excluding hydrogens is 176 g/mol. The van der Waals surface area contributed by atoms with Crippen LogP contribution in [0.15, 0.2) is 24.3 Å². The van der Waals surface area contributed by atoms with E-state index in [1.165, 1.54) is 0 Å². The minimum Gasteiger partial charge on any atom is -0.388 e. The summed E-state index contributed by atoms with van der Waals surface area (Å²) in [6.45, 7) is 2.70. The molecule has 0 radical (unpaired) electrons. The van der Waals surface area contributed by atoms with E-state index in [2.05, 4.69) is 6.92 Å². The third kappa shape index (κ3) is 3.13. The lowest BCUT2D eigenvalue weighted by Gasteiger charge is -2.09. The van der Waals surface area contributed by atoms with Crippen LogP contribution in [-0.2, 0) is 11.3 Å². The van der Waals surface area contributed by atoms with Gasteiger partial charge in [0.2, 0.25) is 0 Å². The van der Waals surface area contributed by atoms with Crippen molar-refractivity contribution in [1.82, 2.24) is 0 Å². The van der Waals surface area contributed by atoms with E-state index in [-0.39, 0.29) is 6.10 Å². The van der Waals surface area contributed by atoms with Gasteiger partial charge in [0.25, 0.3) is 0 Å². The molecule has 0 heterocycles. The van der Waals surface area contributed by atoms with E-state index in [4.69, 9.17) is 4.74 Å². The van der Waals surface area contributed by atoms with E-state index < -0.39 is 0 Å². The molecule has 0 fully saturated rings. The molecule has 0 spiro atoms. The number of methoxy groups -OCH3 is 1. The zero-order chi connectivity index (χ0) is 10.4. The fourth-order valence-corrected chi connectivity index (χ4v) is 1.44. The highest BCUT2D eigenvalue weighted by Crippen LogP contribution is 2.18. The van der Waals surface area contributed by atoms with E-state index in [0.29, 0.717) is 6.61 Å². The van der Waals surface area contributed by atoms with E-state index >= 15 is 0 Å². The van der Waals surface area contributed by atoms with Crippen molar-refractivity contribution in [2.24, 2.45) is 0 Å². The average molecular weight is 194 g/mol. The molecule has 1 aromatic rings. The van der Waals surface area contributed by atoms with Crippen LogP contribution in [0.4, 0.5) is 0 Å². The van der Waals surface area contributed by atoms with Crippen molar-refractivity contribution in [3.8, 4) is 0 Å². The summed E-state index contributed by atoms with van der Waals surface area (Å²) < 4.78 is 5.01. The van der Waals surface area contributed by atoms with Crippen LogP contribution in [0.5, 0.6) is 0 Å². The van der Waals surface area contributed by atoms with E-state index in [1.54, 1.807) is 7.11 Å². The molecule has 1 rings (SSSR count). The predicted octanol–water partition coefficient (Wildman–Crippen LogP) is 2.67. The number of benzene rings is 1. The zero-order valence-electron chi connectivity index (χ0n) is 8.86. The molecular formula is C12H18O2. The van der Waals surface area contributed by atoms with Crippen molar-refractivity contribution in [2.45, 2.75) is 32.5 Å². The molecule has 0 amide bonds. The highest BCUT2D eigenvalue weighted by atomic mass is 16.5. The minimum atomic E-state index is -0.323. The Kier molecular flexibility index (Phi) is 4.63. The monoisotopic (exact) mass is 194 g/mol. The number of hydrogen-bond acceptors (Lipinski definition) is 2. The highest BCUT2D eigenvalue weighted by molar-refractivity contribution is 5.23. The number of rotatable bonds is 5. The van der Waals surface area contributed by atoms with Crippen molar-refractivity contribution in [3.05, 3.63) is 35.4 Å². The number of ether oxygens (including phenoxy) is 1. The molecule has 1 atom stereocenters. The van der Waals surface area contributed by atoms with Crippen LogP contribution >= 0.6 is 0 Å². The molecule has 0 aromatic heterocycles. The topological polar surface area (TPSA) is 29.5 Å². The van der Waals surface area contributed by atoms with Gasteiger partial charge in [-0.25, -0.2) is 0 Å². The number of aliphatic hydroxyl groups excluding tert-OH is 1. The fraction of sp³-hybridized carbons (Fsp3) is 0.500. The summed E-state index contributed by atoms with van der Waals surface area (Å²) >= 11 is 0. The highest BCUT2D eigenvalue weighted by Gasteiger charge is 2.05. The molecule has 1 aromatic carbocycles. The van der Waals surface area contributed by atoms with Crippen LogP contribution in [0.25, 0.3) is 0 Å². The van der Waals surface area contributed by atoms with Crippen LogP contribution in [-0.4, -0.2) is 12.2 Å². The van der Waals surface area contributed by atoms with Crippen molar-refractivity contribution in [3.63, 3.8) is 0 Å². The van der Waals surface area contributed by atoms with Gasteiger partial charge in [-0.1, -0.05) is 37.6 Å². The van der Waals surface area contributed by atoms with Crippen LogP contribution in [0.2, 0.25) is 0 Å². The van der Waals surface area contributed by atoms with Gasteiger partial charge in [-0.05, 0) is 17.5 Å². The quantitative estimate of drug-likeness (QED) is 0.780. The molecule has 0 saturated heterocycles. The van der Waals surface area contributed by atoms with Gasteiger partial charge in [0, 0.05) is 7.11 Å². The average Bonchev–Trinajstić information content (AvgIpc) is 2.20. The molecule has 0 bridgehead atoms. The van der Waals surface area contributed by atoms with Crippen molar-refractivity contribution in [1.29, 1.82) is 0 Å². The summed E-state index contributed by atoms with van der Waals surface area (Å²) in [6.07, 6.45) is 1.50. The van der Waals surface area contributed by atoms with Gasteiger partial charge in [0.05, 0.1) is 12.7 Å². The minimum absolute atomic E-state index is 0.323. The van der Waals surface area contributed by atoms with Gasteiger partial charge in [0.15, 0.2) is 0 Å². The summed E-state index contributed by atoms with van der Waals surface area (Å²) in [5.74, 6) is 0. The summed E-state index contributed by atoms with van der Waals surface area (Å²) in [4.78, 5) is 0. The maximum absolute atomic E-state index is 9.71. The SMILES string of the molecule is CCC[C@H](O)c1ccc(COC)cc1. The third-order valence-corrected chi connectivity index (χ3v) is 2.24. The lowest BCUT2D eigenvalue weighted by Crippen LogP contribution is -1.97. The Labute approximate surface area is 85.5 Å². The molecule has 0 aliphatic heterocycles. The Hall–Kier alpha value is -0.860. The molecule has 0 aliphatic rings. The first-order valence-corrected chi connectivity index (χ1v) is 5.03. The van der Waals surface area contributed by atoms with Gasteiger partial charge in [0.1, 0.15) is 0 Å². The largest absolute Gasteiger partial charge is 0.388 e. The first-order valence-electron chi connectivity index (χ1n) is 5.03. The van der Waals surface area contributed by atoms with Gasteiger partial charge in [-0.3, -0.25) is 0 Å². The first-order chi connectivity index (χ1) is 6.77. The second-order valence-electron chi connectivity index (χ2n) is 3.48. The van der Waals surface area contributed by atoms with Crippen LogP contribution in [0, 0.1) is 0 Å². The first kappa shape index (κ1) is 11.2. The van der Waals surface area contributed by atoms with Gasteiger partial charge in [-0.2, -0.15) is 0 Å². The Morgan fingerprint density at radius 3 is 2.43 bits per heavy atom.